The van der Waals surface area contributed by atoms with Gasteiger partial charge in [-0.15, -0.1) is 0 Å². The van der Waals surface area contributed by atoms with Gasteiger partial charge >= 0.3 is 0 Å². The van der Waals surface area contributed by atoms with Crippen molar-refractivity contribution < 1.29 is 33.6 Å². The molecule has 120 valence electrons. The molecule has 0 bridgehead atoms. The predicted octanol–water partition coefficient (Wildman–Crippen LogP) is -0.998. The first kappa shape index (κ1) is 18.0. The molecule has 0 aromatic heterocycles. The molecule has 0 aromatic carbocycles. The van der Waals surface area contributed by atoms with Crippen LogP contribution in [-0.2, 0) is 23.4 Å². The molecule has 1 aliphatic rings. The SMILES string of the molecule is CC(OCCO)(OCCO)O[SiH2]CCCOCC1CO1. The van der Waals surface area contributed by atoms with Crippen molar-refractivity contribution >= 4 is 9.76 Å². The summed E-state index contributed by atoms with van der Waals surface area (Å²) in [7, 11) is -0.805. The Labute approximate surface area is 122 Å². The van der Waals surface area contributed by atoms with Crippen LogP contribution in [0.3, 0.4) is 0 Å². The minimum Gasteiger partial charge on any atom is -0.394 e. The third-order valence-corrected chi connectivity index (χ3v) is 4.18. The molecule has 1 atom stereocenters. The lowest BCUT2D eigenvalue weighted by molar-refractivity contribution is -0.336. The summed E-state index contributed by atoms with van der Waals surface area (Å²) in [6.45, 7) is 3.95. The minimum atomic E-state index is -1.17. The van der Waals surface area contributed by atoms with Gasteiger partial charge in [-0.2, -0.15) is 0 Å². The lowest BCUT2D eigenvalue weighted by Gasteiger charge is -2.29. The molecule has 20 heavy (non-hydrogen) atoms. The summed E-state index contributed by atoms with van der Waals surface area (Å²) in [6, 6.07) is 0.950. The molecule has 1 saturated heterocycles. The van der Waals surface area contributed by atoms with Gasteiger partial charge < -0.3 is 33.6 Å². The fraction of sp³-hybridized carbons (Fsp3) is 1.00. The molecule has 1 fully saturated rings. The van der Waals surface area contributed by atoms with Crippen LogP contribution in [0.5, 0.6) is 0 Å². The maximum Gasteiger partial charge on any atom is 0.270 e. The lowest BCUT2D eigenvalue weighted by atomic mass is 10.5. The van der Waals surface area contributed by atoms with Gasteiger partial charge in [0.25, 0.3) is 5.97 Å². The Hall–Kier alpha value is -0.0631. The van der Waals surface area contributed by atoms with E-state index in [2.05, 4.69) is 0 Å². The van der Waals surface area contributed by atoms with Crippen LogP contribution < -0.4 is 0 Å². The summed E-state index contributed by atoms with van der Waals surface area (Å²) in [5, 5.41) is 17.5. The Balaban J connectivity index is 2.03. The van der Waals surface area contributed by atoms with Crippen LogP contribution in [-0.4, -0.2) is 78.3 Å². The highest BCUT2D eigenvalue weighted by Crippen LogP contribution is 2.14. The van der Waals surface area contributed by atoms with E-state index in [0.29, 0.717) is 19.3 Å². The number of ether oxygens (including phenoxy) is 4. The second-order valence-electron chi connectivity index (χ2n) is 4.59. The number of hydrogen-bond donors (Lipinski definition) is 2. The molecule has 0 radical (unpaired) electrons. The van der Waals surface area contributed by atoms with E-state index in [-0.39, 0.29) is 26.4 Å². The van der Waals surface area contributed by atoms with Gasteiger partial charge in [-0.25, -0.2) is 0 Å². The first-order valence-corrected chi connectivity index (χ1v) is 8.61. The Kier molecular flexibility index (Phi) is 9.56. The second-order valence-corrected chi connectivity index (χ2v) is 6.00. The molecule has 8 heteroatoms. The van der Waals surface area contributed by atoms with Gasteiger partial charge in [0.15, 0.2) is 9.76 Å². The average molecular weight is 310 g/mol. The van der Waals surface area contributed by atoms with Crippen molar-refractivity contribution in [2.45, 2.75) is 31.5 Å². The summed E-state index contributed by atoms with van der Waals surface area (Å²) in [6.07, 6.45) is 1.25. The summed E-state index contributed by atoms with van der Waals surface area (Å²) in [5.74, 6) is -1.17. The van der Waals surface area contributed by atoms with Crippen molar-refractivity contribution in [3.63, 3.8) is 0 Å². The summed E-state index contributed by atoms with van der Waals surface area (Å²) < 4.78 is 26.8. The maximum absolute atomic E-state index is 8.77. The van der Waals surface area contributed by atoms with Crippen LogP contribution in [0, 0.1) is 0 Å². The van der Waals surface area contributed by atoms with Gasteiger partial charge in [0.1, 0.15) is 6.10 Å². The van der Waals surface area contributed by atoms with Gasteiger partial charge in [0.05, 0.1) is 39.6 Å². The largest absolute Gasteiger partial charge is 0.394 e. The van der Waals surface area contributed by atoms with Crippen LogP contribution >= 0.6 is 0 Å². The monoisotopic (exact) mass is 310 g/mol. The molecule has 1 rings (SSSR count). The van der Waals surface area contributed by atoms with E-state index in [1.54, 1.807) is 6.92 Å². The zero-order valence-corrected chi connectivity index (χ0v) is 13.5. The predicted molar refractivity (Wildman–Crippen MR) is 74.1 cm³/mol. The molecule has 1 aliphatic heterocycles. The van der Waals surface area contributed by atoms with Crippen molar-refractivity contribution in [3.05, 3.63) is 0 Å². The van der Waals surface area contributed by atoms with Crippen molar-refractivity contribution in [3.8, 4) is 0 Å². The number of aliphatic hydroxyl groups is 2. The van der Waals surface area contributed by atoms with Gasteiger partial charge in [0, 0.05) is 13.5 Å². The van der Waals surface area contributed by atoms with Crippen LogP contribution in [0.4, 0.5) is 0 Å². The topological polar surface area (TPSA) is 89.9 Å². The molecule has 2 N–H and O–H groups in total. The summed E-state index contributed by atoms with van der Waals surface area (Å²) in [4.78, 5) is 0. The third-order valence-electron chi connectivity index (χ3n) is 2.66. The molecule has 0 spiro atoms. The Morgan fingerprint density at radius 2 is 1.85 bits per heavy atom. The number of hydrogen-bond acceptors (Lipinski definition) is 7. The van der Waals surface area contributed by atoms with Gasteiger partial charge in [-0.05, 0) is 12.5 Å². The van der Waals surface area contributed by atoms with Crippen molar-refractivity contribution in [1.29, 1.82) is 0 Å². The second kappa shape index (κ2) is 10.6. The molecule has 0 aliphatic carbocycles. The van der Waals surface area contributed by atoms with E-state index in [1.165, 1.54) is 0 Å². The zero-order valence-electron chi connectivity index (χ0n) is 12.1. The molecule has 1 heterocycles. The normalized spacial score (nSPS) is 19.1. The zero-order chi connectivity index (χ0) is 14.7. The van der Waals surface area contributed by atoms with E-state index in [1.807, 2.05) is 0 Å². The first-order chi connectivity index (χ1) is 9.70. The summed E-state index contributed by atoms with van der Waals surface area (Å²) >= 11 is 0. The average Bonchev–Trinajstić information content (AvgIpc) is 3.26. The Bertz CT molecular complexity index is 230. The van der Waals surface area contributed by atoms with Crippen LogP contribution in [0.25, 0.3) is 0 Å². The van der Waals surface area contributed by atoms with Gasteiger partial charge in [0.2, 0.25) is 0 Å². The molecule has 0 amide bonds. The van der Waals surface area contributed by atoms with E-state index < -0.39 is 15.7 Å². The van der Waals surface area contributed by atoms with Crippen molar-refractivity contribution in [2.75, 3.05) is 46.2 Å². The fourth-order valence-electron chi connectivity index (χ4n) is 1.53. The van der Waals surface area contributed by atoms with Crippen molar-refractivity contribution in [2.24, 2.45) is 0 Å². The number of epoxide rings is 1. The molecule has 7 nitrogen and oxygen atoms in total. The molecular weight excluding hydrogens is 284 g/mol. The highest BCUT2D eigenvalue weighted by Gasteiger charge is 2.26. The van der Waals surface area contributed by atoms with Gasteiger partial charge in [-0.1, -0.05) is 0 Å². The van der Waals surface area contributed by atoms with E-state index >= 15 is 0 Å². The van der Waals surface area contributed by atoms with Crippen LogP contribution in [0.2, 0.25) is 6.04 Å². The maximum atomic E-state index is 8.77. The smallest absolute Gasteiger partial charge is 0.270 e. The summed E-state index contributed by atoms with van der Waals surface area (Å²) in [5.41, 5.74) is 0. The highest BCUT2D eigenvalue weighted by atomic mass is 28.2. The first-order valence-electron chi connectivity index (χ1n) is 7.03. The molecule has 0 saturated carbocycles. The number of rotatable bonds is 14. The fourth-order valence-corrected chi connectivity index (χ4v) is 2.62. The van der Waals surface area contributed by atoms with E-state index in [4.69, 9.17) is 33.6 Å². The quantitative estimate of drug-likeness (QED) is 0.184. The molecular formula is C12H26O7Si. The standard InChI is InChI=1S/C12H26O7Si/c1-12(17-6-3-13,18-7-4-14)19-20-8-2-5-15-9-11-10-16-11/h11,13-14H,2-10,20H2,1H3. The Morgan fingerprint density at radius 1 is 1.20 bits per heavy atom. The van der Waals surface area contributed by atoms with E-state index in [9.17, 15) is 0 Å². The Morgan fingerprint density at radius 3 is 2.40 bits per heavy atom. The number of aliphatic hydroxyl groups excluding tert-OH is 2. The van der Waals surface area contributed by atoms with Crippen LogP contribution in [0.1, 0.15) is 13.3 Å². The minimum absolute atomic E-state index is 0.0972. The molecule has 1 unspecified atom stereocenters. The third kappa shape index (κ3) is 8.98. The highest BCUT2D eigenvalue weighted by molar-refractivity contribution is 6.27. The van der Waals surface area contributed by atoms with Crippen LogP contribution in [0.15, 0.2) is 0 Å². The van der Waals surface area contributed by atoms with E-state index in [0.717, 1.165) is 19.1 Å². The lowest BCUT2D eigenvalue weighted by Crippen LogP contribution is -2.38. The van der Waals surface area contributed by atoms with Gasteiger partial charge in [-0.3, -0.25) is 0 Å². The molecule has 0 aromatic rings. The van der Waals surface area contributed by atoms with Crippen molar-refractivity contribution in [1.82, 2.24) is 0 Å².